The van der Waals surface area contributed by atoms with Crippen LogP contribution in [0.3, 0.4) is 0 Å². The summed E-state index contributed by atoms with van der Waals surface area (Å²) in [5.74, 6) is 0.326. The Morgan fingerprint density at radius 1 is 1.32 bits per heavy atom. The summed E-state index contributed by atoms with van der Waals surface area (Å²) in [4.78, 5) is 29.0. The van der Waals surface area contributed by atoms with Crippen LogP contribution in [0.5, 0.6) is 0 Å². The van der Waals surface area contributed by atoms with E-state index in [0.29, 0.717) is 18.2 Å². The Morgan fingerprint density at radius 2 is 2.00 bits per heavy atom. The topological polar surface area (TPSA) is 96.2 Å². The van der Waals surface area contributed by atoms with Crippen molar-refractivity contribution < 1.29 is 0 Å². The van der Waals surface area contributed by atoms with Crippen LogP contribution in [0, 0.1) is 12.8 Å². The Kier molecular flexibility index (Phi) is 7.39. The number of anilines is 3. The summed E-state index contributed by atoms with van der Waals surface area (Å²) in [5.41, 5.74) is 7.34. The summed E-state index contributed by atoms with van der Waals surface area (Å²) >= 11 is 5.61. The van der Waals surface area contributed by atoms with Crippen LogP contribution in [0.4, 0.5) is 17.2 Å². The molecule has 0 aliphatic carbocycles. The van der Waals surface area contributed by atoms with Gasteiger partial charge >= 0.3 is 5.69 Å². The third-order valence-electron chi connectivity index (χ3n) is 4.40. The van der Waals surface area contributed by atoms with Gasteiger partial charge in [0.05, 0.1) is 0 Å². The van der Waals surface area contributed by atoms with Gasteiger partial charge in [0.1, 0.15) is 5.82 Å². The van der Waals surface area contributed by atoms with Crippen LogP contribution >= 0.6 is 12.2 Å². The first-order valence-corrected chi connectivity index (χ1v) is 9.93. The highest BCUT2D eigenvalue weighted by Crippen LogP contribution is 2.21. The normalized spacial score (nSPS) is 10.9. The van der Waals surface area contributed by atoms with E-state index < -0.39 is 11.2 Å². The van der Waals surface area contributed by atoms with E-state index >= 15 is 0 Å². The van der Waals surface area contributed by atoms with Crippen molar-refractivity contribution in [1.29, 1.82) is 0 Å². The molecular weight excluding hydrogens is 374 g/mol. The van der Waals surface area contributed by atoms with Gasteiger partial charge in [-0.05, 0) is 43.1 Å². The Bertz CT molecular complexity index is 948. The number of rotatable bonds is 7. The van der Waals surface area contributed by atoms with Crippen molar-refractivity contribution in [3.05, 3.63) is 50.7 Å². The second-order valence-corrected chi connectivity index (χ2v) is 7.63. The largest absolute Gasteiger partial charge is 0.383 e. The molecule has 0 spiro atoms. The SMILES string of the molecule is CCCCN(C(=S)Nc1ccccc1C)c1c(N)n(CC(C)C)c(=O)[nH]c1=O. The van der Waals surface area contributed by atoms with E-state index in [1.54, 1.807) is 4.90 Å². The van der Waals surface area contributed by atoms with E-state index in [2.05, 4.69) is 17.2 Å². The van der Waals surface area contributed by atoms with Crippen LogP contribution < -0.4 is 27.2 Å². The van der Waals surface area contributed by atoms with E-state index in [1.807, 2.05) is 45.0 Å². The predicted octanol–water partition coefficient (Wildman–Crippen LogP) is 3.09. The highest BCUT2D eigenvalue weighted by atomic mass is 32.1. The zero-order chi connectivity index (χ0) is 20.8. The van der Waals surface area contributed by atoms with Gasteiger partial charge in [-0.15, -0.1) is 0 Å². The lowest BCUT2D eigenvalue weighted by atomic mass is 10.2. The van der Waals surface area contributed by atoms with Crippen LogP contribution in [0.15, 0.2) is 33.9 Å². The molecule has 1 heterocycles. The number of aromatic nitrogens is 2. The van der Waals surface area contributed by atoms with Gasteiger partial charge in [0.15, 0.2) is 10.8 Å². The lowest BCUT2D eigenvalue weighted by Gasteiger charge is -2.27. The third-order valence-corrected chi connectivity index (χ3v) is 4.72. The molecule has 2 rings (SSSR count). The molecule has 8 heteroatoms. The van der Waals surface area contributed by atoms with Crippen molar-refractivity contribution in [3.63, 3.8) is 0 Å². The molecule has 1 aromatic heterocycles. The van der Waals surface area contributed by atoms with Gasteiger partial charge in [-0.2, -0.15) is 0 Å². The fourth-order valence-corrected chi connectivity index (χ4v) is 3.20. The molecule has 0 saturated carbocycles. The van der Waals surface area contributed by atoms with Crippen molar-refractivity contribution in [3.8, 4) is 0 Å². The molecule has 7 nitrogen and oxygen atoms in total. The van der Waals surface area contributed by atoms with Gasteiger partial charge in [-0.3, -0.25) is 14.3 Å². The number of aromatic amines is 1. The van der Waals surface area contributed by atoms with Gasteiger partial charge in [0.2, 0.25) is 0 Å². The van der Waals surface area contributed by atoms with Crippen molar-refractivity contribution in [1.82, 2.24) is 9.55 Å². The Balaban J connectivity index is 2.50. The Labute approximate surface area is 170 Å². The summed E-state index contributed by atoms with van der Waals surface area (Å²) in [6.45, 7) is 8.93. The molecule has 0 unspecified atom stereocenters. The minimum atomic E-state index is -0.535. The monoisotopic (exact) mass is 403 g/mol. The maximum atomic E-state index is 12.6. The average Bonchev–Trinajstić information content (AvgIpc) is 2.63. The average molecular weight is 404 g/mol. The zero-order valence-electron chi connectivity index (χ0n) is 16.9. The van der Waals surface area contributed by atoms with E-state index in [-0.39, 0.29) is 17.4 Å². The van der Waals surface area contributed by atoms with Gasteiger partial charge in [0, 0.05) is 18.8 Å². The number of nitrogens with one attached hydrogen (secondary N) is 2. The van der Waals surface area contributed by atoms with Crippen molar-refractivity contribution in [2.24, 2.45) is 5.92 Å². The molecule has 152 valence electrons. The van der Waals surface area contributed by atoms with Crippen LogP contribution in [0.2, 0.25) is 0 Å². The number of hydrogen-bond donors (Lipinski definition) is 3. The standard InChI is InChI=1S/C20H29N5O2S/c1-5-6-11-24(20(28)22-15-10-8-7-9-14(15)4)16-17(21)25(12-13(2)3)19(27)23-18(16)26/h7-10,13H,5-6,11-12,21H2,1-4H3,(H,22,28)(H,23,26,27). The van der Waals surface area contributed by atoms with Crippen molar-refractivity contribution in [2.75, 3.05) is 22.5 Å². The maximum absolute atomic E-state index is 12.6. The minimum Gasteiger partial charge on any atom is -0.383 e. The third kappa shape index (κ3) is 5.01. The highest BCUT2D eigenvalue weighted by Gasteiger charge is 2.22. The summed E-state index contributed by atoms with van der Waals surface area (Å²) < 4.78 is 1.40. The second-order valence-electron chi connectivity index (χ2n) is 7.25. The maximum Gasteiger partial charge on any atom is 0.330 e. The molecule has 0 atom stereocenters. The molecular formula is C20H29N5O2S. The number of benzene rings is 1. The molecule has 4 N–H and O–H groups in total. The molecule has 0 amide bonds. The lowest BCUT2D eigenvalue weighted by Crippen LogP contribution is -2.43. The Hall–Kier alpha value is -2.61. The number of unbranched alkanes of at least 4 members (excludes halogenated alkanes) is 1. The molecule has 0 fully saturated rings. The smallest absolute Gasteiger partial charge is 0.330 e. The number of nitrogens with two attached hydrogens (primary N) is 1. The highest BCUT2D eigenvalue weighted by molar-refractivity contribution is 7.80. The molecule has 0 aliphatic rings. The molecule has 2 aromatic rings. The number of H-pyrrole nitrogens is 1. The quantitative estimate of drug-likeness (QED) is 0.615. The molecule has 1 aromatic carbocycles. The molecule has 0 aliphatic heterocycles. The first-order chi connectivity index (χ1) is 13.3. The number of para-hydroxylation sites is 1. The number of nitrogens with zero attached hydrogens (tertiary/aromatic N) is 2. The van der Waals surface area contributed by atoms with Crippen molar-refractivity contribution in [2.45, 2.75) is 47.1 Å². The molecule has 0 saturated heterocycles. The molecule has 28 heavy (non-hydrogen) atoms. The summed E-state index contributed by atoms with van der Waals surface area (Å²) in [5, 5.41) is 3.58. The van der Waals surface area contributed by atoms with Crippen LogP contribution in [0.25, 0.3) is 0 Å². The number of nitrogen functional groups attached to an aromatic ring is 1. The lowest BCUT2D eigenvalue weighted by molar-refractivity contribution is 0.507. The molecule has 0 radical (unpaired) electrons. The summed E-state index contributed by atoms with van der Waals surface area (Å²) in [6, 6.07) is 7.76. The van der Waals surface area contributed by atoms with Crippen LogP contribution in [-0.4, -0.2) is 21.2 Å². The van der Waals surface area contributed by atoms with E-state index in [1.165, 1.54) is 4.57 Å². The summed E-state index contributed by atoms with van der Waals surface area (Å²) in [7, 11) is 0. The number of thiocarbonyl (C=S) groups is 1. The second kappa shape index (κ2) is 9.54. The first-order valence-electron chi connectivity index (χ1n) is 9.53. The van der Waals surface area contributed by atoms with E-state index in [0.717, 1.165) is 24.1 Å². The van der Waals surface area contributed by atoms with Gasteiger partial charge < -0.3 is 16.0 Å². The Morgan fingerprint density at radius 3 is 2.61 bits per heavy atom. The predicted molar refractivity (Wildman–Crippen MR) is 120 cm³/mol. The van der Waals surface area contributed by atoms with E-state index in [4.69, 9.17) is 18.0 Å². The number of aryl methyl sites for hydroxylation is 1. The minimum absolute atomic E-state index is 0.132. The van der Waals surface area contributed by atoms with Gasteiger partial charge in [-0.25, -0.2) is 4.79 Å². The number of hydrogen-bond acceptors (Lipinski definition) is 4. The first kappa shape index (κ1) is 21.7. The molecule has 0 bridgehead atoms. The van der Waals surface area contributed by atoms with Gasteiger partial charge in [0.25, 0.3) is 5.56 Å². The van der Waals surface area contributed by atoms with Crippen molar-refractivity contribution >= 4 is 34.5 Å². The van der Waals surface area contributed by atoms with E-state index in [9.17, 15) is 9.59 Å². The zero-order valence-corrected chi connectivity index (χ0v) is 17.7. The summed E-state index contributed by atoms with van der Waals surface area (Å²) in [6.07, 6.45) is 1.74. The fourth-order valence-electron chi connectivity index (χ4n) is 2.91. The van der Waals surface area contributed by atoms with Crippen LogP contribution in [0.1, 0.15) is 39.2 Å². The van der Waals surface area contributed by atoms with Gasteiger partial charge in [-0.1, -0.05) is 45.4 Å². The van der Waals surface area contributed by atoms with Crippen LogP contribution in [-0.2, 0) is 6.54 Å². The fraction of sp³-hybridized carbons (Fsp3) is 0.450.